The molecule has 1 aromatic heterocycles. The van der Waals surface area contributed by atoms with E-state index in [9.17, 15) is 13.2 Å². The van der Waals surface area contributed by atoms with Crippen LogP contribution in [0.25, 0.3) is 10.1 Å². The van der Waals surface area contributed by atoms with E-state index < -0.39 is 10.0 Å². The molecular weight excluding hydrogens is 476 g/mol. The lowest BCUT2D eigenvalue weighted by molar-refractivity contribution is 0.103. The number of hydrogen-bond acceptors (Lipinski definition) is 4. The predicted octanol–water partition coefficient (Wildman–Crippen LogP) is 6.34. The van der Waals surface area contributed by atoms with E-state index in [4.69, 9.17) is 11.6 Å². The van der Waals surface area contributed by atoms with E-state index >= 15 is 0 Å². The number of thiophene rings is 1. The molecule has 4 aromatic rings. The first-order chi connectivity index (χ1) is 15.7. The molecule has 0 bridgehead atoms. The molecule has 0 saturated carbocycles. The topological polar surface area (TPSA) is 66.5 Å². The average Bonchev–Trinajstić information content (AvgIpc) is 3.22. The maximum atomic E-state index is 12.8. The zero-order valence-electron chi connectivity index (χ0n) is 18.2. The van der Waals surface area contributed by atoms with Crippen molar-refractivity contribution < 1.29 is 13.2 Å². The van der Waals surface area contributed by atoms with Crippen LogP contribution in [-0.4, -0.2) is 20.6 Å². The molecule has 4 rings (SSSR count). The van der Waals surface area contributed by atoms with Gasteiger partial charge in [-0.15, -0.1) is 11.3 Å². The second kappa shape index (κ2) is 9.55. The van der Waals surface area contributed by atoms with E-state index in [0.717, 1.165) is 27.8 Å². The van der Waals surface area contributed by atoms with Crippen molar-refractivity contribution >= 4 is 60.3 Å². The third-order valence-electron chi connectivity index (χ3n) is 5.27. The van der Waals surface area contributed by atoms with Gasteiger partial charge in [-0.2, -0.15) is 0 Å². The second-order valence-electron chi connectivity index (χ2n) is 7.73. The maximum Gasteiger partial charge on any atom is 0.265 e. The monoisotopic (exact) mass is 498 g/mol. The summed E-state index contributed by atoms with van der Waals surface area (Å²) >= 11 is 7.32. The molecule has 8 heteroatoms. The summed E-state index contributed by atoms with van der Waals surface area (Å²) in [7, 11) is -3.53. The molecule has 170 valence electrons. The number of nitrogens with zero attached hydrogens (tertiary/aromatic N) is 1. The van der Waals surface area contributed by atoms with Crippen molar-refractivity contribution in [2.45, 2.75) is 19.9 Å². The summed E-state index contributed by atoms with van der Waals surface area (Å²) in [6, 6.07) is 22.1. The minimum Gasteiger partial charge on any atom is -0.321 e. The number of anilines is 2. The van der Waals surface area contributed by atoms with Crippen LogP contribution in [0.5, 0.6) is 0 Å². The first-order valence-corrected chi connectivity index (χ1v) is 13.4. The van der Waals surface area contributed by atoms with E-state index in [0.29, 0.717) is 15.6 Å². The highest BCUT2D eigenvalue weighted by molar-refractivity contribution is 7.92. The van der Waals surface area contributed by atoms with Gasteiger partial charge in [-0.1, -0.05) is 42.8 Å². The summed E-state index contributed by atoms with van der Waals surface area (Å²) in [6.45, 7) is 2.27. The normalized spacial score (nSPS) is 11.5. The Morgan fingerprint density at radius 2 is 1.64 bits per heavy atom. The van der Waals surface area contributed by atoms with Crippen molar-refractivity contribution in [3.8, 4) is 0 Å². The molecule has 5 nitrogen and oxygen atoms in total. The molecular formula is C25H23ClN2O3S2. The highest BCUT2D eigenvalue weighted by Crippen LogP contribution is 2.31. The number of rotatable bonds is 7. The molecule has 0 spiro atoms. The Labute approximate surface area is 202 Å². The van der Waals surface area contributed by atoms with Crippen molar-refractivity contribution in [3.05, 3.63) is 93.8 Å². The van der Waals surface area contributed by atoms with Gasteiger partial charge in [0.15, 0.2) is 0 Å². The zero-order chi connectivity index (χ0) is 23.6. The second-order valence-corrected chi connectivity index (χ2v) is 11.2. The van der Waals surface area contributed by atoms with E-state index in [1.54, 1.807) is 42.5 Å². The van der Waals surface area contributed by atoms with Crippen molar-refractivity contribution in [1.29, 1.82) is 0 Å². The van der Waals surface area contributed by atoms with Gasteiger partial charge < -0.3 is 5.32 Å². The number of carbonyl (C=O) groups excluding carboxylic acids is 1. The van der Waals surface area contributed by atoms with Crippen LogP contribution in [0.2, 0.25) is 5.02 Å². The quantitative estimate of drug-likeness (QED) is 0.323. The molecule has 0 saturated heterocycles. The van der Waals surface area contributed by atoms with Crippen LogP contribution >= 0.6 is 22.9 Å². The number of benzene rings is 3. The molecule has 1 heterocycles. The fraction of sp³-hybridized carbons (Fsp3) is 0.160. The summed E-state index contributed by atoms with van der Waals surface area (Å²) < 4.78 is 27.3. The lowest BCUT2D eigenvalue weighted by atomic mass is 10.1. The summed E-state index contributed by atoms with van der Waals surface area (Å²) in [5.41, 5.74) is 3.31. The van der Waals surface area contributed by atoms with Gasteiger partial charge in [0, 0.05) is 15.4 Å². The molecule has 0 unspecified atom stereocenters. The molecule has 0 atom stereocenters. The fourth-order valence-corrected chi connectivity index (χ4v) is 5.41. The Hall–Kier alpha value is -2.87. The number of carbonyl (C=O) groups is 1. The van der Waals surface area contributed by atoms with Gasteiger partial charge in [-0.3, -0.25) is 9.10 Å². The van der Waals surface area contributed by atoms with Crippen LogP contribution in [-0.2, 0) is 23.0 Å². The Morgan fingerprint density at radius 1 is 0.970 bits per heavy atom. The zero-order valence-corrected chi connectivity index (χ0v) is 20.6. The molecule has 0 aliphatic carbocycles. The van der Waals surface area contributed by atoms with Crippen molar-refractivity contribution in [1.82, 2.24) is 0 Å². The van der Waals surface area contributed by atoms with Gasteiger partial charge in [0.2, 0.25) is 10.0 Å². The van der Waals surface area contributed by atoms with Crippen molar-refractivity contribution in [2.75, 3.05) is 15.9 Å². The lowest BCUT2D eigenvalue weighted by Crippen LogP contribution is -2.29. The Morgan fingerprint density at radius 3 is 2.27 bits per heavy atom. The van der Waals surface area contributed by atoms with Crippen LogP contribution < -0.4 is 9.62 Å². The van der Waals surface area contributed by atoms with E-state index in [2.05, 4.69) is 12.2 Å². The Balaban J connectivity index is 1.60. The Kier molecular flexibility index (Phi) is 6.74. The third kappa shape index (κ3) is 5.55. The number of amides is 1. The van der Waals surface area contributed by atoms with Crippen molar-refractivity contribution in [3.63, 3.8) is 0 Å². The van der Waals surface area contributed by atoms with E-state index in [1.807, 2.05) is 30.3 Å². The van der Waals surface area contributed by atoms with Crippen LogP contribution in [0, 0.1) is 0 Å². The number of nitrogens with one attached hydrogen (secondary N) is 1. The maximum absolute atomic E-state index is 12.8. The fourth-order valence-electron chi connectivity index (χ4n) is 3.47. The summed E-state index contributed by atoms with van der Waals surface area (Å²) in [5, 5.41) is 4.33. The van der Waals surface area contributed by atoms with Crippen LogP contribution in [0.15, 0.2) is 72.8 Å². The largest absolute Gasteiger partial charge is 0.321 e. The molecule has 33 heavy (non-hydrogen) atoms. The lowest BCUT2D eigenvalue weighted by Gasteiger charge is -2.22. The van der Waals surface area contributed by atoms with E-state index in [-0.39, 0.29) is 12.5 Å². The highest BCUT2D eigenvalue weighted by Gasteiger charge is 2.19. The minimum absolute atomic E-state index is 0.187. The van der Waals surface area contributed by atoms with Gasteiger partial charge in [0.05, 0.1) is 23.4 Å². The molecule has 0 fully saturated rings. The van der Waals surface area contributed by atoms with Gasteiger partial charge in [0.1, 0.15) is 0 Å². The van der Waals surface area contributed by atoms with Crippen LogP contribution in [0.1, 0.15) is 27.7 Å². The molecule has 1 N–H and O–H groups in total. The first kappa shape index (κ1) is 23.3. The highest BCUT2D eigenvalue weighted by atomic mass is 35.5. The number of hydrogen-bond donors (Lipinski definition) is 1. The average molecular weight is 499 g/mol. The smallest absolute Gasteiger partial charge is 0.265 e. The van der Waals surface area contributed by atoms with E-state index in [1.165, 1.54) is 27.5 Å². The molecule has 3 aromatic carbocycles. The first-order valence-electron chi connectivity index (χ1n) is 10.4. The van der Waals surface area contributed by atoms with Gasteiger partial charge in [-0.05, 0) is 71.5 Å². The SMILES string of the molecule is CCc1ccc(NC(=O)c2cc3cc(N(Cc4ccc(Cl)cc4)S(C)(=O)=O)ccc3s2)cc1. The summed E-state index contributed by atoms with van der Waals surface area (Å²) in [4.78, 5) is 13.3. The van der Waals surface area contributed by atoms with Gasteiger partial charge in [-0.25, -0.2) is 8.42 Å². The summed E-state index contributed by atoms with van der Waals surface area (Å²) in [6.07, 6.45) is 2.12. The summed E-state index contributed by atoms with van der Waals surface area (Å²) in [5.74, 6) is -0.192. The van der Waals surface area contributed by atoms with Crippen molar-refractivity contribution in [2.24, 2.45) is 0 Å². The third-order valence-corrected chi connectivity index (χ3v) is 7.78. The standard InChI is InChI=1S/C25H23ClN2O3S2/c1-3-17-6-10-21(11-7-17)27-25(29)24-15-19-14-22(12-13-23(19)32-24)28(33(2,30)31)16-18-4-8-20(26)9-5-18/h4-15H,3,16H2,1-2H3,(H,27,29). The Bertz CT molecular complexity index is 1400. The predicted molar refractivity (Wildman–Crippen MR) is 138 cm³/mol. The minimum atomic E-state index is -3.53. The molecule has 1 amide bonds. The number of aryl methyl sites for hydroxylation is 1. The number of fused-ring (bicyclic) bond motifs is 1. The van der Waals surface area contributed by atoms with Gasteiger partial charge in [0.25, 0.3) is 5.91 Å². The molecule has 0 radical (unpaired) electrons. The van der Waals surface area contributed by atoms with Crippen LogP contribution in [0.4, 0.5) is 11.4 Å². The molecule has 0 aliphatic heterocycles. The number of halogens is 1. The number of sulfonamides is 1. The molecule has 0 aliphatic rings. The van der Waals surface area contributed by atoms with Crippen LogP contribution in [0.3, 0.4) is 0 Å². The van der Waals surface area contributed by atoms with Gasteiger partial charge >= 0.3 is 0 Å².